The fourth-order valence-corrected chi connectivity index (χ4v) is 3.57. The Morgan fingerprint density at radius 3 is 2.53 bits per heavy atom. The number of imidazole rings is 1. The summed E-state index contributed by atoms with van der Waals surface area (Å²) in [7, 11) is 0. The SMILES string of the molecule is Cc1ccc(-c2nc(CCCNc3ccc(C#N)cn3)ncc2-c2ncc(C)[nH]2)c(C)c1. The highest BCUT2D eigenvalue weighted by Gasteiger charge is 2.15. The first-order valence-electron chi connectivity index (χ1n) is 10.6. The Labute approximate surface area is 187 Å². The molecule has 3 aromatic heterocycles. The Morgan fingerprint density at radius 1 is 0.969 bits per heavy atom. The van der Waals surface area contributed by atoms with Gasteiger partial charge >= 0.3 is 0 Å². The summed E-state index contributed by atoms with van der Waals surface area (Å²) >= 11 is 0. The molecule has 0 radical (unpaired) electrons. The molecular formula is C25H25N7. The summed E-state index contributed by atoms with van der Waals surface area (Å²) in [6.45, 7) is 6.92. The van der Waals surface area contributed by atoms with Gasteiger partial charge in [-0.25, -0.2) is 19.9 Å². The van der Waals surface area contributed by atoms with Crippen LogP contribution in [0.5, 0.6) is 0 Å². The molecule has 4 aromatic rings. The third-order valence-electron chi connectivity index (χ3n) is 5.21. The molecule has 1 aromatic carbocycles. The zero-order valence-corrected chi connectivity index (χ0v) is 18.5. The molecule has 0 aliphatic carbocycles. The molecule has 3 heterocycles. The van der Waals surface area contributed by atoms with E-state index < -0.39 is 0 Å². The van der Waals surface area contributed by atoms with Crippen molar-refractivity contribution in [1.29, 1.82) is 5.26 Å². The van der Waals surface area contributed by atoms with Crippen LogP contribution in [0.1, 0.15) is 34.6 Å². The summed E-state index contributed by atoms with van der Waals surface area (Å²) in [4.78, 5) is 21.6. The smallest absolute Gasteiger partial charge is 0.141 e. The number of pyridine rings is 1. The van der Waals surface area contributed by atoms with Gasteiger partial charge < -0.3 is 10.3 Å². The van der Waals surface area contributed by atoms with Crippen LogP contribution in [0, 0.1) is 32.1 Å². The maximum Gasteiger partial charge on any atom is 0.141 e. The molecule has 0 fully saturated rings. The number of hydrogen-bond acceptors (Lipinski definition) is 6. The van der Waals surface area contributed by atoms with Gasteiger partial charge in [-0.2, -0.15) is 5.26 Å². The van der Waals surface area contributed by atoms with Crippen molar-refractivity contribution in [1.82, 2.24) is 24.9 Å². The van der Waals surface area contributed by atoms with E-state index >= 15 is 0 Å². The number of aryl methyl sites for hydroxylation is 4. The minimum atomic E-state index is 0.551. The molecule has 160 valence electrons. The first kappa shape index (κ1) is 21.2. The number of H-pyrrole nitrogens is 1. The van der Waals surface area contributed by atoms with Crippen molar-refractivity contribution < 1.29 is 0 Å². The van der Waals surface area contributed by atoms with Gasteiger partial charge in [-0.15, -0.1) is 0 Å². The highest BCUT2D eigenvalue weighted by Crippen LogP contribution is 2.31. The molecule has 0 aliphatic rings. The van der Waals surface area contributed by atoms with Gasteiger partial charge in [0.25, 0.3) is 0 Å². The number of rotatable bonds is 7. The van der Waals surface area contributed by atoms with Gasteiger partial charge in [-0.05, 0) is 44.9 Å². The number of anilines is 1. The number of nitrogens with zero attached hydrogens (tertiary/aromatic N) is 5. The second-order valence-corrected chi connectivity index (χ2v) is 7.86. The van der Waals surface area contributed by atoms with Gasteiger partial charge in [-0.1, -0.05) is 23.8 Å². The van der Waals surface area contributed by atoms with Crippen LogP contribution in [0.2, 0.25) is 0 Å². The first-order valence-corrected chi connectivity index (χ1v) is 10.6. The van der Waals surface area contributed by atoms with Crippen molar-refractivity contribution in [3.8, 4) is 28.7 Å². The van der Waals surface area contributed by atoms with E-state index in [1.54, 1.807) is 12.3 Å². The molecule has 0 spiro atoms. The lowest BCUT2D eigenvalue weighted by Gasteiger charge is -2.12. The highest BCUT2D eigenvalue weighted by atomic mass is 15.0. The molecule has 0 unspecified atom stereocenters. The van der Waals surface area contributed by atoms with E-state index in [4.69, 9.17) is 10.2 Å². The Hall–Kier alpha value is -4.05. The van der Waals surface area contributed by atoms with Crippen molar-refractivity contribution in [3.63, 3.8) is 0 Å². The zero-order chi connectivity index (χ0) is 22.5. The maximum absolute atomic E-state index is 8.87. The van der Waals surface area contributed by atoms with E-state index in [1.165, 1.54) is 11.1 Å². The standard InChI is InChI=1S/C25H25N7/c1-16-6-8-20(17(2)11-16)24-21(25-30-13-18(3)31-25)15-29-23(32-24)5-4-10-27-22-9-7-19(12-26)14-28-22/h6-9,11,13-15H,4-5,10H2,1-3H3,(H,27,28)(H,30,31). The Morgan fingerprint density at radius 2 is 1.84 bits per heavy atom. The first-order chi connectivity index (χ1) is 15.5. The topological polar surface area (TPSA) is 103 Å². The second-order valence-electron chi connectivity index (χ2n) is 7.86. The molecular weight excluding hydrogens is 398 g/mol. The van der Waals surface area contributed by atoms with Crippen LogP contribution in [0.25, 0.3) is 22.6 Å². The largest absolute Gasteiger partial charge is 0.370 e. The van der Waals surface area contributed by atoms with Gasteiger partial charge in [0, 0.05) is 42.8 Å². The Kier molecular flexibility index (Phi) is 6.22. The van der Waals surface area contributed by atoms with Gasteiger partial charge in [0.2, 0.25) is 0 Å². The molecule has 7 heteroatoms. The van der Waals surface area contributed by atoms with Crippen LogP contribution in [0.15, 0.2) is 48.9 Å². The lowest BCUT2D eigenvalue weighted by atomic mass is 9.99. The molecule has 0 aliphatic heterocycles. The summed E-state index contributed by atoms with van der Waals surface area (Å²) in [6.07, 6.45) is 6.84. The summed E-state index contributed by atoms with van der Waals surface area (Å²) < 4.78 is 0. The number of nitrogens with one attached hydrogen (secondary N) is 2. The summed E-state index contributed by atoms with van der Waals surface area (Å²) in [5, 5.41) is 12.1. The van der Waals surface area contributed by atoms with Crippen LogP contribution in [-0.4, -0.2) is 31.5 Å². The predicted octanol–water partition coefficient (Wildman–Crippen LogP) is 4.77. The number of benzene rings is 1. The lowest BCUT2D eigenvalue weighted by molar-refractivity contribution is 0.800. The molecule has 0 bridgehead atoms. The molecule has 7 nitrogen and oxygen atoms in total. The third kappa shape index (κ3) is 4.81. The molecule has 0 saturated heterocycles. The van der Waals surface area contributed by atoms with Crippen molar-refractivity contribution in [2.45, 2.75) is 33.6 Å². The third-order valence-corrected chi connectivity index (χ3v) is 5.21. The number of nitriles is 1. The normalized spacial score (nSPS) is 10.7. The average Bonchev–Trinajstić information content (AvgIpc) is 3.23. The predicted molar refractivity (Wildman–Crippen MR) is 125 cm³/mol. The van der Waals surface area contributed by atoms with Crippen LogP contribution in [0.3, 0.4) is 0 Å². The van der Waals surface area contributed by atoms with Crippen LogP contribution < -0.4 is 5.32 Å². The van der Waals surface area contributed by atoms with Crippen molar-refractivity contribution in [3.05, 3.63) is 77.1 Å². The van der Waals surface area contributed by atoms with E-state index in [-0.39, 0.29) is 0 Å². The summed E-state index contributed by atoms with van der Waals surface area (Å²) in [6, 6.07) is 12.0. The number of hydrogen-bond donors (Lipinski definition) is 2. The van der Waals surface area contributed by atoms with Gasteiger partial charge in [-0.3, -0.25) is 0 Å². The van der Waals surface area contributed by atoms with E-state index in [0.29, 0.717) is 5.56 Å². The number of aromatic amines is 1. The fraction of sp³-hybridized carbons (Fsp3) is 0.240. The molecule has 0 saturated carbocycles. The van der Waals surface area contributed by atoms with Crippen molar-refractivity contribution >= 4 is 5.82 Å². The molecule has 2 N–H and O–H groups in total. The van der Waals surface area contributed by atoms with Gasteiger partial charge in [0.15, 0.2) is 0 Å². The average molecular weight is 424 g/mol. The molecule has 32 heavy (non-hydrogen) atoms. The Bertz CT molecular complexity index is 1270. The lowest BCUT2D eigenvalue weighted by Crippen LogP contribution is -2.07. The molecule has 0 amide bonds. The summed E-state index contributed by atoms with van der Waals surface area (Å²) in [5.41, 5.74) is 6.82. The van der Waals surface area contributed by atoms with Crippen LogP contribution >= 0.6 is 0 Å². The van der Waals surface area contributed by atoms with E-state index in [2.05, 4.69) is 63.4 Å². The van der Waals surface area contributed by atoms with E-state index in [9.17, 15) is 0 Å². The van der Waals surface area contributed by atoms with Gasteiger partial charge in [0.1, 0.15) is 23.5 Å². The minimum Gasteiger partial charge on any atom is -0.370 e. The fourth-order valence-electron chi connectivity index (χ4n) is 3.57. The maximum atomic E-state index is 8.87. The van der Waals surface area contributed by atoms with Gasteiger partial charge in [0.05, 0.1) is 16.8 Å². The highest BCUT2D eigenvalue weighted by molar-refractivity contribution is 5.78. The summed E-state index contributed by atoms with van der Waals surface area (Å²) in [5.74, 6) is 2.32. The van der Waals surface area contributed by atoms with E-state index in [0.717, 1.165) is 59.4 Å². The second kappa shape index (κ2) is 9.40. The monoisotopic (exact) mass is 423 g/mol. The molecule has 0 atom stereocenters. The van der Waals surface area contributed by atoms with E-state index in [1.807, 2.05) is 25.4 Å². The minimum absolute atomic E-state index is 0.551. The number of aromatic nitrogens is 5. The van der Waals surface area contributed by atoms with Crippen molar-refractivity contribution in [2.24, 2.45) is 0 Å². The van der Waals surface area contributed by atoms with Crippen molar-refractivity contribution in [2.75, 3.05) is 11.9 Å². The quantitative estimate of drug-likeness (QED) is 0.415. The Balaban J connectivity index is 1.53. The molecule has 4 rings (SSSR count). The van der Waals surface area contributed by atoms with Crippen LogP contribution in [0.4, 0.5) is 5.82 Å². The van der Waals surface area contributed by atoms with Crippen LogP contribution in [-0.2, 0) is 6.42 Å². The zero-order valence-electron chi connectivity index (χ0n) is 18.5.